The Morgan fingerprint density at radius 2 is 1.88 bits per heavy atom. The highest BCUT2D eigenvalue weighted by Crippen LogP contribution is 2.16. The summed E-state index contributed by atoms with van der Waals surface area (Å²) in [6.07, 6.45) is 0.447. The van der Waals surface area contributed by atoms with Crippen molar-refractivity contribution in [1.29, 1.82) is 0 Å². The van der Waals surface area contributed by atoms with Crippen LogP contribution in [0.4, 0.5) is 0 Å². The van der Waals surface area contributed by atoms with Crippen LogP contribution < -0.4 is 5.32 Å². The highest BCUT2D eigenvalue weighted by atomic mass is 16.5. The molecule has 1 saturated heterocycles. The van der Waals surface area contributed by atoms with E-state index in [1.807, 2.05) is 18.7 Å². The van der Waals surface area contributed by atoms with E-state index >= 15 is 0 Å². The van der Waals surface area contributed by atoms with Crippen molar-refractivity contribution in [3.63, 3.8) is 0 Å². The summed E-state index contributed by atoms with van der Waals surface area (Å²) in [6, 6.07) is 0.747. The van der Waals surface area contributed by atoms with Crippen LogP contribution in [0.15, 0.2) is 0 Å². The number of hydrogen-bond acceptors (Lipinski definition) is 3. The van der Waals surface area contributed by atoms with Crippen LogP contribution in [0.2, 0.25) is 0 Å². The van der Waals surface area contributed by atoms with E-state index in [2.05, 4.69) is 19.2 Å². The molecule has 94 valence electrons. The van der Waals surface area contributed by atoms with Crippen molar-refractivity contribution >= 4 is 5.91 Å². The van der Waals surface area contributed by atoms with E-state index in [1.165, 1.54) is 0 Å². The Balaban J connectivity index is 2.53. The van der Waals surface area contributed by atoms with Gasteiger partial charge >= 0.3 is 0 Å². The third-order valence-electron chi connectivity index (χ3n) is 3.04. The molecule has 2 unspecified atom stereocenters. The van der Waals surface area contributed by atoms with Crippen molar-refractivity contribution in [2.24, 2.45) is 0 Å². The summed E-state index contributed by atoms with van der Waals surface area (Å²) in [4.78, 5) is 14.0. The van der Waals surface area contributed by atoms with Crippen molar-refractivity contribution in [2.75, 3.05) is 20.2 Å². The van der Waals surface area contributed by atoms with E-state index in [1.54, 1.807) is 7.11 Å². The average molecular weight is 228 g/mol. The number of amides is 1. The largest absolute Gasteiger partial charge is 0.378 e. The van der Waals surface area contributed by atoms with E-state index in [-0.39, 0.29) is 11.5 Å². The summed E-state index contributed by atoms with van der Waals surface area (Å²) < 4.78 is 5.29. The third kappa shape index (κ3) is 3.76. The molecule has 1 aliphatic heterocycles. The molecule has 0 bridgehead atoms. The number of nitrogens with zero attached hydrogens (tertiary/aromatic N) is 1. The Labute approximate surface area is 98.3 Å². The van der Waals surface area contributed by atoms with Crippen LogP contribution in [-0.2, 0) is 9.53 Å². The monoisotopic (exact) mass is 228 g/mol. The van der Waals surface area contributed by atoms with Gasteiger partial charge in [0.2, 0.25) is 5.91 Å². The van der Waals surface area contributed by atoms with Crippen LogP contribution in [0, 0.1) is 0 Å². The lowest BCUT2D eigenvalue weighted by molar-refractivity contribution is -0.138. The lowest BCUT2D eigenvalue weighted by atomic mass is 10.0. The van der Waals surface area contributed by atoms with Gasteiger partial charge in [0, 0.05) is 32.3 Å². The molecule has 16 heavy (non-hydrogen) atoms. The fraction of sp³-hybridized carbons (Fsp3) is 0.917. The molecule has 1 rings (SSSR count). The summed E-state index contributed by atoms with van der Waals surface area (Å²) >= 11 is 0. The van der Waals surface area contributed by atoms with E-state index < -0.39 is 0 Å². The molecule has 4 nitrogen and oxygen atoms in total. The molecular formula is C12H24N2O2. The summed E-state index contributed by atoms with van der Waals surface area (Å²) in [5.74, 6) is 0.187. The molecule has 0 aromatic carbocycles. The number of nitrogens with one attached hydrogen (secondary N) is 1. The highest BCUT2D eigenvalue weighted by molar-refractivity contribution is 5.77. The fourth-order valence-corrected chi connectivity index (χ4v) is 2.08. The Hall–Kier alpha value is -0.610. The summed E-state index contributed by atoms with van der Waals surface area (Å²) in [5.41, 5.74) is -0.367. The number of carbonyl (C=O) groups excluding carboxylic acids is 1. The van der Waals surface area contributed by atoms with E-state index in [4.69, 9.17) is 4.74 Å². The van der Waals surface area contributed by atoms with Crippen molar-refractivity contribution in [3.8, 4) is 0 Å². The van der Waals surface area contributed by atoms with Gasteiger partial charge in [0.25, 0.3) is 0 Å². The van der Waals surface area contributed by atoms with E-state index in [9.17, 15) is 4.79 Å². The van der Waals surface area contributed by atoms with Gasteiger partial charge in [-0.25, -0.2) is 0 Å². The van der Waals surface area contributed by atoms with Crippen molar-refractivity contribution in [2.45, 2.75) is 51.8 Å². The summed E-state index contributed by atoms with van der Waals surface area (Å²) in [7, 11) is 1.65. The Kier molecular flexibility index (Phi) is 4.33. The smallest absolute Gasteiger partial charge is 0.225 e. The molecule has 0 aromatic rings. The van der Waals surface area contributed by atoms with Gasteiger partial charge in [-0.2, -0.15) is 0 Å². The molecule has 1 amide bonds. The second kappa shape index (κ2) is 5.15. The lowest BCUT2D eigenvalue weighted by Gasteiger charge is -2.37. The van der Waals surface area contributed by atoms with Crippen LogP contribution in [0.3, 0.4) is 0 Å². The highest BCUT2D eigenvalue weighted by Gasteiger charge is 2.29. The minimum Gasteiger partial charge on any atom is -0.378 e. The van der Waals surface area contributed by atoms with Crippen LogP contribution in [0.5, 0.6) is 0 Å². The Morgan fingerprint density at radius 3 is 2.31 bits per heavy atom. The number of ether oxygens (including phenoxy) is 1. The molecular weight excluding hydrogens is 204 g/mol. The minimum atomic E-state index is -0.367. The van der Waals surface area contributed by atoms with Gasteiger partial charge in [0.15, 0.2) is 0 Å². The normalized spacial score (nSPS) is 26.9. The maximum absolute atomic E-state index is 12.1. The van der Waals surface area contributed by atoms with Gasteiger partial charge in [0.1, 0.15) is 0 Å². The lowest BCUT2D eigenvalue weighted by Crippen LogP contribution is -2.56. The SMILES string of the molecule is COC(C)(C)CC(=O)N1CC(C)NC(C)C1. The maximum Gasteiger partial charge on any atom is 0.225 e. The topological polar surface area (TPSA) is 41.6 Å². The fourth-order valence-electron chi connectivity index (χ4n) is 2.08. The van der Waals surface area contributed by atoms with Gasteiger partial charge in [-0.1, -0.05) is 0 Å². The molecule has 2 atom stereocenters. The molecule has 1 N–H and O–H groups in total. The van der Waals surface area contributed by atoms with Crippen LogP contribution in [0.1, 0.15) is 34.1 Å². The van der Waals surface area contributed by atoms with Gasteiger partial charge in [-0.15, -0.1) is 0 Å². The molecule has 0 aromatic heterocycles. The third-order valence-corrected chi connectivity index (χ3v) is 3.04. The van der Waals surface area contributed by atoms with Gasteiger partial charge < -0.3 is 15.0 Å². The zero-order chi connectivity index (χ0) is 12.3. The maximum atomic E-state index is 12.1. The number of piperazine rings is 1. The quantitative estimate of drug-likeness (QED) is 0.784. The number of hydrogen-bond donors (Lipinski definition) is 1. The van der Waals surface area contributed by atoms with E-state index in [0.29, 0.717) is 18.5 Å². The van der Waals surface area contributed by atoms with Crippen LogP contribution >= 0.6 is 0 Å². The standard InChI is InChI=1S/C12H24N2O2/c1-9-7-14(8-10(2)13-9)11(15)6-12(3,4)16-5/h9-10,13H,6-8H2,1-5H3. The molecule has 1 heterocycles. The number of methoxy groups -OCH3 is 1. The number of rotatable bonds is 3. The van der Waals surface area contributed by atoms with Crippen molar-refractivity contribution in [1.82, 2.24) is 10.2 Å². The van der Waals surface area contributed by atoms with Crippen LogP contribution in [0.25, 0.3) is 0 Å². The molecule has 0 radical (unpaired) electrons. The van der Waals surface area contributed by atoms with Crippen molar-refractivity contribution < 1.29 is 9.53 Å². The van der Waals surface area contributed by atoms with Gasteiger partial charge in [0.05, 0.1) is 12.0 Å². The zero-order valence-corrected chi connectivity index (χ0v) is 11.0. The second-order valence-corrected chi connectivity index (χ2v) is 5.41. The molecule has 0 spiro atoms. The predicted octanol–water partition coefficient (Wildman–Crippen LogP) is 1.01. The Bertz CT molecular complexity index is 243. The first-order valence-electron chi connectivity index (χ1n) is 5.93. The minimum absolute atomic E-state index is 0.187. The van der Waals surface area contributed by atoms with Gasteiger partial charge in [-0.3, -0.25) is 4.79 Å². The summed E-state index contributed by atoms with van der Waals surface area (Å²) in [6.45, 7) is 9.70. The first-order valence-corrected chi connectivity index (χ1v) is 5.93. The molecule has 1 fully saturated rings. The molecule has 0 saturated carbocycles. The Morgan fingerprint density at radius 1 is 1.38 bits per heavy atom. The number of carbonyl (C=O) groups is 1. The van der Waals surface area contributed by atoms with Crippen LogP contribution in [-0.4, -0.2) is 48.7 Å². The van der Waals surface area contributed by atoms with Crippen molar-refractivity contribution in [3.05, 3.63) is 0 Å². The second-order valence-electron chi connectivity index (χ2n) is 5.41. The summed E-state index contributed by atoms with van der Waals surface area (Å²) in [5, 5.41) is 3.42. The van der Waals surface area contributed by atoms with Gasteiger partial charge in [-0.05, 0) is 27.7 Å². The molecule has 4 heteroatoms. The molecule has 1 aliphatic rings. The molecule has 0 aliphatic carbocycles. The first kappa shape index (κ1) is 13.5. The zero-order valence-electron chi connectivity index (χ0n) is 11.0. The predicted molar refractivity (Wildman–Crippen MR) is 64.3 cm³/mol. The van der Waals surface area contributed by atoms with E-state index in [0.717, 1.165) is 13.1 Å². The first-order chi connectivity index (χ1) is 7.34. The average Bonchev–Trinajstić information content (AvgIpc) is 2.15.